The lowest BCUT2D eigenvalue weighted by Gasteiger charge is -2.19. The summed E-state index contributed by atoms with van der Waals surface area (Å²) in [4.78, 5) is 11.9. The van der Waals surface area contributed by atoms with Gasteiger partial charge in [-0.25, -0.2) is 9.48 Å². The fourth-order valence-electron chi connectivity index (χ4n) is 2.22. The third kappa shape index (κ3) is 2.93. The number of rotatable bonds is 5. The summed E-state index contributed by atoms with van der Waals surface area (Å²) in [6, 6.07) is 8.32. The normalized spacial score (nSPS) is 12.6. The third-order valence-corrected chi connectivity index (χ3v) is 3.26. The molecule has 0 radical (unpaired) electrons. The molecule has 0 fully saturated rings. The number of hydrogen-bond donors (Lipinski definition) is 1. The van der Waals surface area contributed by atoms with Crippen molar-refractivity contribution in [2.45, 2.75) is 26.4 Å². The van der Waals surface area contributed by atoms with Crippen LogP contribution in [0.15, 0.2) is 35.4 Å². The number of nitrogens with zero attached hydrogens (tertiary/aromatic N) is 3. The molecule has 1 aromatic heterocycles. The molecule has 1 atom stereocenters. The van der Waals surface area contributed by atoms with Gasteiger partial charge in [0, 0.05) is 7.05 Å². The van der Waals surface area contributed by atoms with Crippen molar-refractivity contribution in [2.75, 3.05) is 6.54 Å². The van der Waals surface area contributed by atoms with Crippen molar-refractivity contribution in [3.8, 4) is 0 Å². The van der Waals surface area contributed by atoms with E-state index >= 15 is 0 Å². The van der Waals surface area contributed by atoms with E-state index in [2.05, 4.69) is 36.4 Å². The highest BCUT2D eigenvalue weighted by atomic mass is 16.2. The minimum atomic E-state index is -0.0866. The lowest BCUT2D eigenvalue weighted by molar-refractivity contribution is 0.436. The summed E-state index contributed by atoms with van der Waals surface area (Å²) in [5.41, 5.74) is 2.34. The van der Waals surface area contributed by atoms with Crippen molar-refractivity contribution < 1.29 is 0 Å². The molecule has 1 aromatic carbocycles. The monoisotopic (exact) mass is 260 g/mol. The first-order chi connectivity index (χ1) is 9.13. The second-order valence-corrected chi connectivity index (χ2v) is 4.67. The maximum absolute atomic E-state index is 11.9. The molecule has 1 heterocycles. The molecule has 5 heteroatoms. The van der Waals surface area contributed by atoms with E-state index in [9.17, 15) is 4.79 Å². The van der Waals surface area contributed by atoms with Gasteiger partial charge >= 0.3 is 5.69 Å². The van der Waals surface area contributed by atoms with Gasteiger partial charge in [0.2, 0.25) is 0 Å². The van der Waals surface area contributed by atoms with Gasteiger partial charge in [-0.3, -0.25) is 4.57 Å². The van der Waals surface area contributed by atoms with E-state index in [0.717, 1.165) is 6.54 Å². The van der Waals surface area contributed by atoms with Crippen molar-refractivity contribution in [1.29, 1.82) is 0 Å². The van der Waals surface area contributed by atoms with Gasteiger partial charge in [-0.2, -0.15) is 5.10 Å². The zero-order chi connectivity index (χ0) is 13.8. The van der Waals surface area contributed by atoms with Crippen LogP contribution in [0.1, 0.15) is 24.1 Å². The SMILES string of the molecule is CCNC(Cn1ncn(C)c1=O)c1ccccc1C. The minimum Gasteiger partial charge on any atom is -0.309 e. The molecule has 102 valence electrons. The Labute approximate surface area is 112 Å². The van der Waals surface area contributed by atoms with Crippen LogP contribution in [0, 0.1) is 6.92 Å². The lowest BCUT2D eigenvalue weighted by atomic mass is 10.0. The molecule has 0 saturated carbocycles. The van der Waals surface area contributed by atoms with Gasteiger partial charge in [0.05, 0.1) is 12.6 Å². The van der Waals surface area contributed by atoms with Crippen molar-refractivity contribution >= 4 is 0 Å². The molecule has 2 rings (SSSR count). The molecular formula is C14H20N4O. The van der Waals surface area contributed by atoms with Gasteiger partial charge in [0.1, 0.15) is 6.33 Å². The Hall–Kier alpha value is -1.88. The highest BCUT2D eigenvalue weighted by molar-refractivity contribution is 5.28. The Bertz CT molecular complexity index is 599. The van der Waals surface area contributed by atoms with Gasteiger partial charge in [-0.15, -0.1) is 0 Å². The quantitative estimate of drug-likeness (QED) is 0.880. The van der Waals surface area contributed by atoms with Crippen LogP contribution < -0.4 is 11.0 Å². The number of aromatic nitrogens is 3. The van der Waals surface area contributed by atoms with Crippen molar-refractivity contribution in [1.82, 2.24) is 19.7 Å². The molecule has 0 bridgehead atoms. The summed E-state index contributed by atoms with van der Waals surface area (Å²) >= 11 is 0. The Morgan fingerprint density at radius 3 is 2.68 bits per heavy atom. The number of hydrogen-bond acceptors (Lipinski definition) is 3. The standard InChI is InChI=1S/C14H20N4O/c1-4-15-13(12-8-6-5-7-11(12)2)9-18-14(19)17(3)10-16-18/h5-8,10,13,15H,4,9H2,1-3H3. The predicted octanol–water partition coefficient (Wildman–Crippen LogP) is 1.24. The molecule has 0 aliphatic heterocycles. The van der Waals surface area contributed by atoms with Crippen LogP contribution in [0.5, 0.6) is 0 Å². The van der Waals surface area contributed by atoms with Crippen LogP contribution in [0.4, 0.5) is 0 Å². The van der Waals surface area contributed by atoms with E-state index in [1.54, 1.807) is 13.4 Å². The summed E-state index contributed by atoms with van der Waals surface area (Å²) in [5.74, 6) is 0. The van der Waals surface area contributed by atoms with Crippen molar-refractivity contribution in [3.05, 3.63) is 52.2 Å². The lowest BCUT2D eigenvalue weighted by Crippen LogP contribution is -2.32. The zero-order valence-corrected chi connectivity index (χ0v) is 11.6. The fourth-order valence-corrected chi connectivity index (χ4v) is 2.22. The molecular weight excluding hydrogens is 240 g/mol. The molecule has 0 amide bonds. The zero-order valence-electron chi connectivity index (χ0n) is 11.6. The third-order valence-electron chi connectivity index (χ3n) is 3.26. The maximum Gasteiger partial charge on any atom is 0.345 e. The Kier molecular flexibility index (Phi) is 4.16. The maximum atomic E-state index is 11.9. The molecule has 2 aromatic rings. The average molecular weight is 260 g/mol. The Balaban J connectivity index is 2.29. The number of aryl methyl sites for hydroxylation is 2. The molecule has 1 N–H and O–H groups in total. The van der Waals surface area contributed by atoms with Crippen LogP contribution in [0.25, 0.3) is 0 Å². The van der Waals surface area contributed by atoms with E-state index in [-0.39, 0.29) is 11.7 Å². The summed E-state index contributed by atoms with van der Waals surface area (Å²) in [6.07, 6.45) is 1.54. The number of likely N-dealkylation sites (N-methyl/N-ethyl adjacent to an activating group) is 1. The van der Waals surface area contributed by atoms with Crippen LogP contribution >= 0.6 is 0 Å². The highest BCUT2D eigenvalue weighted by Crippen LogP contribution is 2.18. The first kappa shape index (κ1) is 13.5. The fraction of sp³-hybridized carbons (Fsp3) is 0.429. The van der Waals surface area contributed by atoms with Crippen LogP contribution in [-0.4, -0.2) is 20.9 Å². The molecule has 19 heavy (non-hydrogen) atoms. The van der Waals surface area contributed by atoms with E-state index in [0.29, 0.717) is 6.54 Å². The smallest absolute Gasteiger partial charge is 0.309 e. The van der Waals surface area contributed by atoms with Gasteiger partial charge in [0.15, 0.2) is 0 Å². The van der Waals surface area contributed by atoms with Gasteiger partial charge in [-0.05, 0) is 24.6 Å². The van der Waals surface area contributed by atoms with E-state index < -0.39 is 0 Å². The van der Waals surface area contributed by atoms with E-state index in [1.165, 1.54) is 20.4 Å². The molecule has 0 aliphatic carbocycles. The van der Waals surface area contributed by atoms with Crippen LogP contribution in [-0.2, 0) is 13.6 Å². The van der Waals surface area contributed by atoms with Gasteiger partial charge in [0.25, 0.3) is 0 Å². The number of benzene rings is 1. The van der Waals surface area contributed by atoms with Crippen LogP contribution in [0.2, 0.25) is 0 Å². The van der Waals surface area contributed by atoms with Gasteiger partial charge in [-0.1, -0.05) is 31.2 Å². The molecule has 1 unspecified atom stereocenters. The predicted molar refractivity (Wildman–Crippen MR) is 75.1 cm³/mol. The number of nitrogens with one attached hydrogen (secondary N) is 1. The van der Waals surface area contributed by atoms with Crippen molar-refractivity contribution in [3.63, 3.8) is 0 Å². The Morgan fingerprint density at radius 2 is 2.11 bits per heavy atom. The average Bonchev–Trinajstić information content (AvgIpc) is 2.71. The Morgan fingerprint density at radius 1 is 1.37 bits per heavy atom. The first-order valence-corrected chi connectivity index (χ1v) is 6.50. The van der Waals surface area contributed by atoms with Gasteiger partial charge < -0.3 is 5.32 Å². The molecule has 5 nitrogen and oxygen atoms in total. The summed E-state index contributed by atoms with van der Waals surface area (Å²) in [5, 5.41) is 7.54. The second-order valence-electron chi connectivity index (χ2n) is 4.67. The highest BCUT2D eigenvalue weighted by Gasteiger charge is 2.15. The van der Waals surface area contributed by atoms with E-state index in [1.807, 2.05) is 12.1 Å². The molecule has 0 aliphatic rings. The summed E-state index contributed by atoms with van der Waals surface area (Å²) in [7, 11) is 1.71. The molecule has 0 saturated heterocycles. The minimum absolute atomic E-state index is 0.0866. The van der Waals surface area contributed by atoms with E-state index in [4.69, 9.17) is 0 Å². The second kappa shape index (κ2) is 5.84. The first-order valence-electron chi connectivity index (χ1n) is 6.50. The topological polar surface area (TPSA) is 51.9 Å². The summed E-state index contributed by atoms with van der Waals surface area (Å²) in [6.45, 7) is 5.53. The van der Waals surface area contributed by atoms with Crippen LogP contribution in [0.3, 0.4) is 0 Å². The molecule has 0 spiro atoms. The summed E-state index contributed by atoms with van der Waals surface area (Å²) < 4.78 is 2.99. The van der Waals surface area contributed by atoms with Crippen molar-refractivity contribution in [2.24, 2.45) is 7.05 Å². The largest absolute Gasteiger partial charge is 0.345 e.